The molecule has 1 aromatic heterocycles. The quantitative estimate of drug-likeness (QED) is 0.328. The molecule has 1 N–H and O–H groups in total. The van der Waals surface area contributed by atoms with E-state index < -0.39 is 0 Å². The number of nitrogens with one attached hydrogen (secondary N) is 1. The third kappa shape index (κ3) is 7.16. The third-order valence-corrected chi connectivity index (χ3v) is 8.84. The van der Waals surface area contributed by atoms with Gasteiger partial charge in [-0.3, -0.25) is 9.59 Å². The molecule has 1 amide bonds. The Balaban J connectivity index is 1.16. The summed E-state index contributed by atoms with van der Waals surface area (Å²) in [7, 11) is 0. The van der Waals surface area contributed by atoms with Gasteiger partial charge in [0.05, 0.1) is 17.1 Å². The number of ketones is 1. The molecule has 2 aliphatic rings. The highest BCUT2D eigenvalue weighted by molar-refractivity contribution is 6.08. The van der Waals surface area contributed by atoms with Crippen LogP contribution in [0.3, 0.4) is 0 Å². The number of aryl methyl sites for hydroxylation is 3. The minimum atomic E-state index is -0.00102. The van der Waals surface area contributed by atoms with Gasteiger partial charge in [-0.25, -0.2) is 4.98 Å². The van der Waals surface area contributed by atoms with Gasteiger partial charge < -0.3 is 14.8 Å². The zero-order valence-electron chi connectivity index (χ0n) is 25.6. The van der Waals surface area contributed by atoms with E-state index in [0.29, 0.717) is 48.5 Å². The van der Waals surface area contributed by atoms with E-state index >= 15 is 0 Å². The number of aromatic amines is 1. The number of hydrogen-bond acceptors (Lipinski definition) is 4. The van der Waals surface area contributed by atoms with Gasteiger partial charge in [0.2, 0.25) is 0 Å². The highest BCUT2D eigenvalue weighted by Gasteiger charge is 2.27. The van der Waals surface area contributed by atoms with Gasteiger partial charge in [0.15, 0.2) is 0 Å². The number of anilines is 1. The Bertz CT molecular complexity index is 1390. The second-order valence-electron chi connectivity index (χ2n) is 13.3. The number of para-hydroxylation sites is 1. The number of benzene rings is 2. The normalized spacial score (nSPS) is 16.3. The molecule has 0 radical (unpaired) electrons. The van der Waals surface area contributed by atoms with Crippen molar-refractivity contribution >= 4 is 17.4 Å². The molecule has 3 heterocycles. The standard InChI is InChI=1S/C35H46N4O2/c1-24-22-28(34(41)39-20-16-31-33(37-25(2)36-31)30-8-6-7-9-32(30)39)11-10-27(24)12-13-29(40)23-26-14-18-38(19-15-26)21-17-35(3,4)5/h6-11,22,26H,12-21,23H2,1-5H3,(H,36,37). The van der Waals surface area contributed by atoms with Crippen molar-refractivity contribution in [1.29, 1.82) is 0 Å². The van der Waals surface area contributed by atoms with Crippen LogP contribution in [0, 0.1) is 25.2 Å². The zero-order valence-corrected chi connectivity index (χ0v) is 25.6. The number of carbonyl (C=O) groups is 2. The largest absolute Gasteiger partial charge is 0.342 e. The lowest BCUT2D eigenvalue weighted by molar-refractivity contribution is -0.120. The summed E-state index contributed by atoms with van der Waals surface area (Å²) in [5.41, 5.74) is 7.21. The zero-order chi connectivity index (χ0) is 29.1. The average molecular weight is 555 g/mol. The van der Waals surface area contributed by atoms with E-state index in [2.05, 4.69) is 48.6 Å². The van der Waals surface area contributed by atoms with Crippen LogP contribution in [0.15, 0.2) is 42.5 Å². The molecule has 3 aromatic rings. The number of amides is 1. The number of nitrogens with zero attached hydrogens (tertiary/aromatic N) is 3. The molecular weight excluding hydrogens is 508 g/mol. The molecule has 1 saturated heterocycles. The van der Waals surface area contributed by atoms with Crippen molar-refractivity contribution in [3.63, 3.8) is 0 Å². The molecule has 2 aliphatic heterocycles. The number of carbonyl (C=O) groups excluding carboxylic acids is 2. The minimum absolute atomic E-state index is 0.00102. The van der Waals surface area contributed by atoms with Crippen LogP contribution in [0.4, 0.5) is 5.69 Å². The molecule has 0 unspecified atom stereocenters. The number of rotatable bonds is 8. The van der Waals surface area contributed by atoms with E-state index in [-0.39, 0.29) is 5.91 Å². The van der Waals surface area contributed by atoms with Gasteiger partial charge in [0.25, 0.3) is 5.91 Å². The molecule has 0 spiro atoms. The van der Waals surface area contributed by atoms with Crippen molar-refractivity contribution in [2.24, 2.45) is 11.3 Å². The van der Waals surface area contributed by atoms with Crippen LogP contribution in [0.2, 0.25) is 0 Å². The highest BCUT2D eigenvalue weighted by Crippen LogP contribution is 2.36. The molecule has 2 aromatic carbocycles. The van der Waals surface area contributed by atoms with Gasteiger partial charge in [-0.2, -0.15) is 0 Å². The second kappa shape index (κ2) is 12.3. The summed E-state index contributed by atoms with van der Waals surface area (Å²) in [6.07, 6.45) is 6.19. The van der Waals surface area contributed by atoms with Crippen LogP contribution in [-0.4, -0.2) is 52.7 Å². The summed E-state index contributed by atoms with van der Waals surface area (Å²) in [5, 5.41) is 0. The van der Waals surface area contributed by atoms with E-state index in [1.807, 2.05) is 48.2 Å². The van der Waals surface area contributed by atoms with Crippen LogP contribution in [0.5, 0.6) is 0 Å². The lowest BCUT2D eigenvalue weighted by Crippen LogP contribution is -2.36. The first-order chi connectivity index (χ1) is 19.6. The van der Waals surface area contributed by atoms with Crippen LogP contribution >= 0.6 is 0 Å². The fraction of sp³-hybridized carbons (Fsp3) is 0.514. The van der Waals surface area contributed by atoms with Gasteiger partial charge in [-0.05, 0) is 99.8 Å². The summed E-state index contributed by atoms with van der Waals surface area (Å²) in [6, 6.07) is 14.0. The molecule has 41 heavy (non-hydrogen) atoms. The maximum Gasteiger partial charge on any atom is 0.258 e. The lowest BCUT2D eigenvalue weighted by atomic mass is 9.88. The minimum Gasteiger partial charge on any atom is -0.342 e. The van der Waals surface area contributed by atoms with Crippen molar-refractivity contribution in [1.82, 2.24) is 14.9 Å². The maximum absolute atomic E-state index is 13.8. The van der Waals surface area contributed by atoms with Gasteiger partial charge in [-0.1, -0.05) is 45.0 Å². The molecule has 0 atom stereocenters. The molecule has 218 valence electrons. The maximum atomic E-state index is 13.8. The van der Waals surface area contributed by atoms with Gasteiger partial charge in [-0.15, -0.1) is 0 Å². The molecular formula is C35H46N4O2. The number of piperidine rings is 1. The summed E-state index contributed by atoms with van der Waals surface area (Å²) < 4.78 is 0. The fourth-order valence-corrected chi connectivity index (χ4v) is 6.28. The topological polar surface area (TPSA) is 69.3 Å². The molecule has 5 rings (SSSR count). The first kappa shape index (κ1) is 29.2. The predicted octanol–water partition coefficient (Wildman–Crippen LogP) is 6.94. The average Bonchev–Trinajstić information content (AvgIpc) is 3.24. The highest BCUT2D eigenvalue weighted by atomic mass is 16.2. The molecule has 6 heteroatoms. The van der Waals surface area contributed by atoms with Crippen LogP contribution in [0.25, 0.3) is 11.3 Å². The number of Topliss-reactive ketones (excluding diaryl/α,β-unsaturated/α-hetero) is 1. The number of likely N-dealkylation sites (tertiary alicyclic amines) is 1. The van der Waals surface area contributed by atoms with E-state index in [4.69, 9.17) is 0 Å². The van der Waals surface area contributed by atoms with E-state index in [1.165, 1.54) is 6.42 Å². The summed E-state index contributed by atoms with van der Waals surface area (Å²) in [6.45, 7) is 14.9. The number of imidazole rings is 1. The van der Waals surface area contributed by atoms with Gasteiger partial charge >= 0.3 is 0 Å². The van der Waals surface area contributed by atoms with Gasteiger partial charge in [0, 0.05) is 36.9 Å². The Morgan fingerprint density at radius 3 is 2.51 bits per heavy atom. The predicted molar refractivity (Wildman–Crippen MR) is 167 cm³/mol. The molecule has 0 aliphatic carbocycles. The van der Waals surface area contributed by atoms with E-state index in [0.717, 1.165) is 78.5 Å². The van der Waals surface area contributed by atoms with Crippen molar-refractivity contribution < 1.29 is 9.59 Å². The first-order valence-electron chi connectivity index (χ1n) is 15.4. The molecule has 1 fully saturated rings. The number of H-pyrrole nitrogens is 1. The van der Waals surface area contributed by atoms with Crippen molar-refractivity contribution in [2.75, 3.05) is 31.1 Å². The SMILES string of the molecule is Cc1nc2c([nH]1)-c1ccccc1N(C(=O)c1ccc(CCC(=O)CC3CCN(CCC(C)(C)C)CC3)c(C)c1)CC2. The number of hydrogen-bond donors (Lipinski definition) is 1. The van der Waals surface area contributed by atoms with Crippen molar-refractivity contribution in [2.45, 2.75) is 79.6 Å². The Hall–Kier alpha value is -3.25. The summed E-state index contributed by atoms with van der Waals surface area (Å²) in [4.78, 5) is 39.1. The second-order valence-corrected chi connectivity index (χ2v) is 13.3. The van der Waals surface area contributed by atoms with E-state index in [1.54, 1.807) is 0 Å². The lowest BCUT2D eigenvalue weighted by Gasteiger charge is -2.33. The van der Waals surface area contributed by atoms with Crippen LogP contribution in [0.1, 0.15) is 85.9 Å². The van der Waals surface area contributed by atoms with Crippen LogP contribution in [-0.2, 0) is 17.6 Å². The molecule has 0 bridgehead atoms. The monoisotopic (exact) mass is 554 g/mol. The Kier molecular flexibility index (Phi) is 8.79. The third-order valence-electron chi connectivity index (χ3n) is 8.84. The number of aromatic nitrogens is 2. The summed E-state index contributed by atoms with van der Waals surface area (Å²) >= 11 is 0. The van der Waals surface area contributed by atoms with Gasteiger partial charge in [0.1, 0.15) is 11.6 Å². The summed E-state index contributed by atoms with van der Waals surface area (Å²) in [5.74, 6) is 1.78. The van der Waals surface area contributed by atoms with Crippen molar-refractivity contribution in [3.05, 3.63) is 70.7 Å². The Morgan fingerprint density at radius 1 is 1.02 bits per heavy atom. The van der Waals surface area contributed by atoms with Crippen molar-refractivity contribution in [3.8, 4) is 11.3 Å². The van der Waals surface area contributed by atoms with E-state index in [9.17, 15) is 9.59 Å². The first-order valence-corrected chi connectivity index (χ1v) is 15.4. The Labute approximate surface area is 245 Å². The smallest absolute Gasteiger partial charge is 0.258 e. The van der Waals surface area contributed by atoms with Crippen LogP contribution < -0.4 is 4.90 Å². The molecule has 6 nitrogen and oxygen atoms in total. The Morgan fingerprint density at radius 2 is 1.78 bits per heavy atom. The molecule has 0 saturated carbocycles. The number of fused-ring (bicyclic) bond motifs is 3. The fourth-order valence-electron chi connectivity index (χ4n) is 6.28.